The fraction of sp³-hybridized carbons (Fsp3) is 0.250. The Bertz CT molecular complexity index is 748. The summed E-state index contributed by atoms with van der Waals surface area (Å²) in [7, 11) is 0. The van der Waals surface area contributed by atoms with Gasteiger partial charge in [0, 0.05) is 18.1 Å². The van der Waals surface area contributed by atoms with Crippen LogP contribution in [-0.4, -0.2) is 27.0 Å². The molecule has 118 valence electrons. The fourth-order valence-electron chi connectivity index (χ4n) is 2.27. The zero-order valence-corrected chi connectivity index (χ0v) is 12.4. The minimum absolute atomic E-state index is 0.242. The van der Waals surface area contributed by atoms with Crippen molar-refractivity contribution >= 4 is 17.6 Å². The average molecular weight is 313 g/mol. The van der Waals surface area contributed by atoms with E-state index in [-0.39, 0.29) is 11.9 Å². The standard InChI is InChI=1S/C16H15N3O4/c1-9-7-10(23-16-17-5-2-6-18-16)3-4-13(9)19-14(20)11-8-12(11)15(21)22/h2-7,11-12H,8H2,1H3,(H,19,20)(H,21,22). The zero-order chi connectivity index (χ0) is 16.4. The van der Waals surface area contributed by atoms with E-state index in [0.717, 1.165) is 5.56 Å². The van der Waals surface area contributed by atoms with Crippen LogP contribution in [0.25, 0.3) is 0 Å². The van der Waals surface area contributed by atoms with Crippen LogP contribution in [0.15, 0.2) is 36.7 Å². The van der Waals surface area contributed by atoms with Crippen LogP contribution in [0.5, 0.6) is 11.8 Å². The van der Waals surface area contributed by atoms with Crippen LogP contribution < -0.4 is 10.1 Å². The number of carbonyl (C=O) groups excluding carboxylic acids is 1. The number of aryl methyl sites for hydroxylation is 1. The third kappa shape index (κ3) is 3.45. The highest BCUT2D eigenvalue weighted by molar-refractivity contribution is 5.98. The van der Waals surface area contributed by atoms with Crippen LogP contribution in [0.4, 0.5) is 5.69 Å². The molecular weight excluding hydrogens is 298 g/mol. The summed E-state index contributed by atoms with van der Waals surface area (Å²) in [5.74, 6) is -1.63. The Morgan fingerprint density at radius 1 is 1.26 bits per heavy atom. The number of aromatic nitrogens is 2. The predicted octanol–water partition coefficient (Wildman–Crippen LogP) is 2.24. The van der Waals surface area contributed by atoms with Gasteiger partial charge in [0.2, 0.25) is 5.91 Å². The van der Waals surface area contributed by atoms with Gasteiger partial charge in [0.25, 0.3) is 0 Å². The molecule has 7 nitrogen and oxygen atoms in total. The lowest BCUT2D eigenvalue weighted by atomic mass is 10.2. The summed E-state index contributed by atoms with van der Waals surface area (Å²) in [6.07, 6.45) is 3.56. The molecule has 0 aliphatic heterocycles. The minimum atomic E-state index is -0.923. The summed E-state index contributed by atoms with van der Waals surface area (Å²) in [5.41, 5.74) is 1.44. The third-order valence-corrected chi connectivity index (χ3v) is 3.65. The van der Waals surface area contributed by atoms with Crippen LogP contribution in [0.3, 0.4) is 0 Å². The van der Waals surface area contributed by atoms with Gasteiger partial charge in [0.15, 0.2) is 0 Å². The SMILES string of the molecule is Cc1cc(Oc2ncccn2)ccc1NC(=O)C1CC1C(=O)O. The largest absolute Gasteiger partial charge is 0.481 e. The van der Waals surface area contributed by atoms with E-state index in [9.17, 15) is 9.59 Å². The van der Waals surface area contributed by atoms with Gasteiger partial charge in [-0.3, -0.25) is 9.59 Å². The van der Waals surface area contributed by atoms with E-state index in [4.69, 9.17) is 9.84 Å². The first-order valence-corrected chi connectivity index (χ1v) is 7.14. The number of hydrogen-bond donors (Lipinski definition) is 2. The Morgan fingerprint density at radius 2 is 2.00 bits per heavy atom. The second kappa shape index (κ2) is 6.04. The summed E-state index contributed by atoms with van der Waals surface area (Å²) < 4.78 is 5.51. The van der Waals surface area contributed by atoms with E-state index < -0.39 is 17.8 Å². The van der Waals surface area contributed by atoms with Gasteiger partial charge in [-0.2, -0.15) is 0 Å². The van der Waals surface area contributed by atoms with E-state index in [0.29, 0.717) is 17.9 Å². The number of nitrogens with zero attached hydrogens (tertiary/aromatic N) is 2. The number of anilines is 1. The molecule has 3 rings (SSSR count). The highest BCUT2D eigenvalue weighted by Crippen LogP contribution is 2.39. The van der Waals surface area contributed by atoms with Gasteiger partial charge >= 0.3 is 12.0 Å². The molecule has 1 aliphatic carbocycles. The van der Waals surface area contributed by atoms with E-state index in [1.165, 1.54) is 0 Å². The first kappa shape index (κ1) is 15.0. The van der Waals surface area contributed by atoms with Crippen LogP contribution >= 0.6 is 0 Å². The third-order valence-electron chi connectivity index (χ3n) is 3.65. The minimum Gasteiger partial charge on any atom is -0.481 e. The van der Waals surface area contributed by atoms with Crippen molar-refractivity contribution in [2.75, 3.05) is 5.32 Å². The summed E-state index contributed by atoms with van der Waals surface area (Å²) in [5, 5.41) is 11.6. The van der Waals surface area contributed by atoms with Crippen LogP contribution in [0, 0.1) is 18.8 Å². The molecule has 1 amide bonds. The summed E-state index contributed by atoms with van der Waals surface area (Å²) in [4.78, 5) is 30.7. The predicted molar refractivity (Wildman–Crippen MR) is 81.1 cm³/mol. The Morgan fingerprint density at radius 3 is 2.61 bits per heavy atom. The smallest absolute Gasteiger partial charge is 0.321 e. The Kier molecular flexibility index (Phi) is 3.92. The molecule has 0 radical (unpaired) electrons. The molecule has 0 bridgehead atoms. The van der Waals surface area contributed by atoms with Gasteiger partial charge in [0.05, 0.1) is 11.8 Å². The van der Waals surface area contributed by atoms with E-state index >= 15 is 0 Å². The number of carbonyl (C=O) groups is 2. The van der Waals surface area contributed by atoms with Gasteiger partial charge in [-0.1, -0.05) is 0 Å². The highest BCUT2D eigenvalue weighted by atomic mass is 16.5. The zero-order valence-electron chi connectivity index (χ0n) is 12.4. The molecule has 0 saturated heterocycles. The number of hydrogen-bond acceptors (Lipinski definition) is 5. The topological polar surface area (TPSA) is 101 Å². The average Bonchev–Trinajstić information content (AvgIpc) is 3.32. The van der Waals surface area contributed by atoms with E-state index in [1.807, 2.05) is 6.92 Å². The van der Waals surface area contributed by atoms with Gasteiger partial charge in [0.1, 0.15) is 5.75 Å². The molecule has 23 heavy (non-hydrogen) atoms. The normalized spacial score (nSPS) is 19.0. The number of amides is 1. The van der Waals surface area contributed by atoms with Crippen LogP contribution in [0.2, 0.25) is 0 Å². The molecule has 2 unspecified atom stereocenters. The monoisotopic (exact) mass is 313 g/mol. The van der Waals surface area contributed by atoms with Gasteiger partial charge in [-0.05, 0) is 43.2 Å². The number of rotatable bonds is 5. The number of aliphatic carboxylic acids is 1. The molecule has 1 heterocycles. The maximum atomic E-state index is 12.0. The van der Waals surface area contributed by atoms with Crippen molar-refractivity contribution in [3.8, 4) is 11.8 Å². The maximum absolute atomic E-state index is 12.0. The Labute approximate surface area is 132 Å². The second-order valence-corrected chi connectivity index (χ2v) is 5.39. The number of carboxylic acid groups (broad SMARTS) is 1. The number of nitrogens with one attached hydrogen (secondary N) is 1. The number of ether oxygens (including phenoxy) is 1. The molecule has 1 aromatic carbocycles. The maximum Gasteiger partial charge on any atom is 0.321 e. The molecule has 1 aliphatic rings. The van der Waals surface area contributed by atoms with Crippen LogP contribution in [-0.2, 0) is 9.59 Å². The van der Waals surface area contributed by atoms with Crippen molar-refractivity contribution in [2.45, 2.75) is 13.3 Å². The molecule has 2 aromatic rings. The lowest BCUT2D eigenvalue weighted by molar-refractivity contribution is -0.139. The molecule has 1 saturated carbocycles. The molecule has 2 N–H and O–H groups in total. The van der Waals surface area contributed by atoms with Gasteiger partial charge < -0.3 is 15.2 Å². The summed E-state index contributed by atoms with van der Waals surface area (Å²) in [6, 6.07) is 7.10. The number of carboxylic acids is 1. The molecule has 7 heteroatoms. The Hall–Kier alpha value is -2.96. The lowest BCUT2D eigenvalue weighted by Crippen LogP contribution is -2.17. The number of benzene rings is 1. The molecule has 0 spiro atoms. The highest BCUT2D eigenvalue weighted by Gasteiger charge is 2.48. The Balaban J connectivity index is 1.66. The molecule has 1 aromatic heterocycles. The van der Waals surface area contributed by atoms with Crippen molar-refractivity contribution in [3.63, 3.8) is 0 Å². The quantitative estimate of drug-likeness (QED) is 0.877. The summed E-state index contributed by atoms with van der Waals surface area (Å²) in [6.45, 7) is 1.83. The van der Waals surface area contributed by atoms with Crippen molar-refractivity contribution in [1.82, 2.24) is 9.97 Å². The van der Waals surface area contributed by atoms with E-state index in [2.05, 4.69) is 15.3 Å². The molecule has 2 atom stereocenters. The van der Waals surface area contributed by atoms with Crippen molar-refractivity contribution in [2.24, 2.45) is 11.8 Å². The first-order chi connectivity index (χ1) is 11.0. The lowest BCUT2D eigenvalue weighted by Gasteiger charge is -2.10. The van der Waals surface area contributed by atoms with Crippen molar-refractivity contribution in [3.05, 3.63) is 42.2 Å². The second-order valence-electron chi connectivity index (χ2n) is 5.39. The summed E-state index contributed by atoms with van der Waals surface area (Å²) >= 11 is 0. The van der Waals surface area contributed by atoms with E-state index in [1.54, 1.807) is 36.7 Å². The molecule has 1 fully saturated rings. The van der Waals surface area contributed by atoms with Gasteiger partial charge in [-0.25, -0.2) is 9.97 Å². The van der Waals surface area contributed by atoms with Crippen molar-refractivity contribution in [1.29, 1.82) is 0 Å². The van der Waals surface area contributed by atoms with Gasteiger partial charge in [-0.15, -0.1) is 0 Å². The molecular formula is C16H15N3O4. The van der Waals surface area contributed by atoms with Crippen molar-refractivity contribution < 1.29 is 19.4 Å². The fourth-order valence-corrected chi connectivity index (χ4v) is 2.27. The van der Waals surface area contributed by atoms with Crippen LogP contribution in [0.1, 0.15) is 12.0 Å². The first-order valence-electron chi connectivity index (χ1n) is 7.14.